The molecule has 0 aromatic carbocycles. The summed E-state index contributed by atoms with van der Waals surface area (Å²) in [5.41, 5.74) is 0.352. The minimum atomic E-state index is -0.165. The summed E-state index contributed by atoms with van der Waals surface area (Å²) in [7, 11) is 0. The third-order valence-corrected chi connectivity index (χ3v) is 6.21. The van der Waals surface area contributed by atoms with Crippen LogP contribution >= 0.6 is 0 Å². The van der Waals surface area contributed by atoms with Crippen molar-refractivity contribution in [2.75, 3.05) is 39.4 Å². The second-order valence-electron chi connectivity index (χ2n) is 7.68. The molecule has 4 rings (SSSR count). The van der Waals surface area contributed by atoms with E-state index in [0.717, 1.165) is 26.2 Å². The van der Waals surface area contributed by atoms with Gasteiger partial charge in [0.15, 0.2) is 0 Å². The molecular formula is C17H26N2O4. The molecule has 2 aliphatic carbocycles. The number of amides is 1. The summed E-state index contributed by atoms with van der Waals surface area (Å²) in [5, 5.41) is 0. The maximum Gasteiger partial charge on any atom is 0.409 e. The van der Waals surface area contributed by atoms with Gasteiger partial charge < -0.3 is 14.4 Å². The van der Waals surface area contributed by atoms with Gasteiger partial charge in [0.05, 0.1) is 19.1 Å². The predicted molar refractivity (Wildman–Crippen MR) is 82.7 cm³/mol. The van der Waals surface area contributed by atoms with Gasteiger partial charge in [-0.15, -0.1) is 0 Å². The Labute approximate surface area is 137 Å². The minimum absolute atomic E-state index is 0.0105. The van der Waals surface area contributed by atoms with E-state index in [-0.39, 0.29) is 18.0 Å². The van der Waals surface area contributed by atoms with E-state index in [0.29, 0.717) is 36.5 Å². The van der Waals surface area contributed by atoms with Gasteiger partial charge in [-0.2, -0.15) is 0 Å². The molecule has 23 heavy (non-hydrogen) atoms. The quantitative estimate of drug-likeness (QED) is 0.731. The van der Waals surface area contributed by atoms with Gasteiger partial charge in [0.25, 0.3) is 0 Å². The molecule has 2 heterocycles. The Hall–Kier alpha value is -1.30. The number of carbonyl (C=O) groups excluding carboxylic acids is 2. The van der Waals surface area contributed by atoms with Crippen LogP contribution in [-0.4, -0.2) is 67.3 Å². The van der Waals surface area contributed by atoms with E-state index in [1.807, 2.05) is 18.7 Å². The van der Waals surface area contributed by atoms with Gasteiger partial charge in [0, 0.05) is 37.6 Å². The number of hydrogen-bond acceptors (Lipinski definition) is 5. The van der Waals surface area contributed by atoms with Crippen molar-refractivity contribution in [3.05, 3.63) is 0 Å². The molecule has 2 aliphatic heterocycles. The van der Waals surface area contributed by atoms with E-state index in [1.54, 1.807) is 0 Å². The predicted octanol–water partition coefficient (Wildman–Crippen LogP) is 1.35. The molecule has 0 bridgehead atoms. The second kappa shape index (κ2) is 5.36. The molecule has 1 spiro atoms. The number of piperidine rings is 1. The van der Waals surface area contributed by atoms with Crippen molar-refractivity contribution >= 4 is 12.1 Å². The average molecular weight is 322 g/mol. The van der Waals surface area contributed by atoms with E-state index >= 15 is 0 Å². The Morgan fingerprint density at radius 2 is 1.65 bits per heavy atom. The van der Waals surface area contributed by atoms with Crippen molar-refractivity contribution < 1.29 is 19.1 Å². The van der Waals surface area contributed by atoms with Crippen LogP contribution in [0.4, 0.5) is 4.79 Å². The number of rotatable bonds is 4. The summed E-state index contributed by atoms with van der Waals surface area (Å²) >= 11 is 0. The molecule has 4 aliphatic rings. The van der Waals surface area contributed by atoms with Gasteiger partial charge >= 0.3 is 12.1 Å². The SMILES string of the molecule is CCOC(=O)C1[C@H]2CN(C3CC4(C3)CN(C(=O)OCC)C4)C[C@@H]12. The molecule has 3 atom stereocenters. The molecule has 0 radical (unpaired) electrons. The van der Waals surface area contributed by atoms with E-state index in [9.17, 15) is 9.59 Å². The molecule has 6 heteroatoms. The molecule has 1 amide bonds. The molecule has 1 unspecified atom stereocenters. The average Bonchev–Trinajstić information content (AvgIpc) is 2.92. The van der Waals surface area contributed by atoms with E-state index in [1.165, 1.54) is 12.8 Å². The fourth-order valence-corrected chi connectivity index (χ4v) is 5.01. The van der Waals surface area contributed by atoms with Crippen LogP contribution in [0.1, 0.15) is 26.7 Å². The monoisotopic (exact) mass is 322 g/mol. The summed E-state index contributed by atoms with van der Waals surface area (Å²) < 4.78 is 10.2. The zero-order valence-corrected chi connectivity index (χ0v) is 14.0. The van der Waals surface area contributed by atoms with Gasteiger partial charge in [0.2, 0.25) is 0 Å². The fourth-order valence-electron chi connectivity index (χ4n) is 5.01. The van der Waals surface area contributed by atoms with E-state index < -0.39 is 0 Å². The Bertz CT molecular complexity index is 497. The molecule has 0 aromatic rings. The lowest BCUT2D eigenvalue weighted by Crippen LogP contribution is -2.67. The number of nitrogens with zero attached hydrogens (tertiary/aromatic N) is 2. The highest BCUT2D eigenvalue weighted by molar-refractivity contribution is 5.77. The highest BCUT2D eigenvalue weighted by Gasteiger charge is 2.63. The molecule has 4 fully saturated rings. The fraction of sp³-hybridized carbons (Fsp3) is 0.882. The van der Waals surface area contributed by atoms with Crippen molar-refractivity contribution in [2.45, 2.75) is 32.7 Å². The smallest absolute Gasteiger partial charge is 0.409 e. The highest BCUT2D eigenvalue weighted by Crippen LogP contribution is 2.57. The van der Waals surface area contributed by atoms with Crippen molar-refractivity contribution in [3.8, 4) is 0 Å². The summed E-state index contributed by atoms with van der Waals surface area (Å²) in [6.45, 7) is 8.46. The van der Waals surface area contributed by atoms with Gasteiger partial charge in [-0.1, -0.05) is 0 Å². The Balaban J connectivity index is 1.19. The number of likely N-dealkylation sites (tertiary alicyclic amines) is 2. The van der Waals surface area contributed by atoms with Gasteiger partial charge in [-0.3, -0.25) is 9.69 Å². The van der Waals surface area contributed by atoms with Crippen LogP contribution in [0.3, 0.4) is 0 Å². The number of hydrogen-bond donors (Lipinski definition) is 0. The van der Waals surface area contributed by atoms with Gasteiger partial charge in [0.1, 0.15) is 0 Å². The van der Waals surface area contributed by atoms with Crippen LogP contribution < -0.4 is 0 Å². The van der Waals surface area contributed by atoms with Crippen molar-refractivity contribution in [1.82, 2.24) is 9.80 Å². The number of esters is 1. The molecule has 6 nitrogen and oxygen atoms in total. The summed E-state index contributed by atoms with van der Waals surface area (Å²) in [4.78, 5) is 27.8. The third-order valence-electron chi connectivity index (χ3n) is 6.21. The normalized spacial score (nSPS) is 34.5. The lowest BCUT2D eigenvalue weighted by atomic mass is 9.60. The Morgan fingerprint density at radius 3 is 2.22 bits per heavy atom. The van der Waals surface area contributed by atoms with Crippen LogP contribution in [0.15, 0.2) is 0 Å². The summed E-state index contributed by atoms with van der Waals surface area (Å²) in [6, 6.07) is 0.648. The summed E-state index contributed by atoms with van der Waals surface area (Å²) in [5.74, 6) is 1.24. The van der Waals surface area contributed by atoms with Crippen molar-refractivity contribution in [2.24, 2.45) is 23.2 Å². The number of ether oxygens (including phenoxy) is 2. The first kappa shape index (κ1) is 15.2. The number of fused-ring (bicyclic) bond motifs is 1. The highest BCUT2D eigenvalue weighted by atomic mass is 16.6. The second-order valence-corrected chi connectivity index (χ2v) is 7.68. The first-order valence-electron chi connectivity index (χ1n) is 8.89. The molecule has 128 valence electrons. The maximum atomic E-state index is 11.8. The summed E-state index contributed by atoms with van der Waals surface area (Å²) in [6.07, 6.45) is 2.21. The van der Waals surface area contributed by atoms with Gasteiger partial charge in [-0.25, -0.2) is 4.79 Å². The third kappa shape index (κ3) is 2.42. The Morgan fingerprint density at radius 1 is 1.04 bits per heavy atom. The lowest BCUT2D eigenvalue weighted by Gasteiger charge is -2.60. The molecule has 0 aromatic heterocycles. The van der Waals surface area contributed by atoms with Crippen molar-refractivity contribution in [3.63, 3.8) is 0 Å². The first-order valence-corrected chi connectivity index (χ1v) is 8.89. The standard InChI is InChI=1S/C17H26N2O4/c1-3-22-15(20)14-12-7-18(8-13(12)14)11-5-17(6-11)9-19(10-17)16(21)23-4-2/h11-14H,3-10H2,1-2H3/t12-,13+,14?. The maximum absolute atomic E-state index is 11.8. The van der Waals surface area contributed by atoms with Crippen LogP contribution in [0.2, 0.25) is 0 Å². The van der Waals surface area contributed by atoms with Crippen LogP contribution in [-0.2, 0) is 14.3 Å². The lowest BCUT2D eigenvalue weighted by molar-refractivity contribution is -0.146. The van der Waals surface area contributed by atoms with Crippen LogP contribution in [0.5, 0.6) is 0 Å². The molecular weight excluding hydrogens is 296 g/mol. The molecule has 2 saturated carbocycles. The largest absolute Gasteiger partial charge is 0.466 e. The number of carbonyl (C=O) groups is 2. The van der Waals surface area contributed by atoms with E-state index in [4.69, 9.17) is 9.47 Å². The zero-order chi connectivity index (χ0) is 16.2. The van der Waals surface area contributed by atoms with Gasteiger partial charge in [-0.05, 0) is 38.5 Å². The first-order chi connectivity index (χ1) is 11.1. The van der Waals surface area contributed by atoms with E-state index in [2.05, 4.69) is 4.90 Å². The van der Waals surface area contributed by atoms with Crippen LogP contribution in [0.25, 0.3) is 0 Å². The van der Waals surface area contributed by atoms with Crippen LogP contribution in [0, 0.1) is 23.2 Å². The molecule has 2 saturated heterocycles. The minimum Gasteiger partial charge on any atom is -0.466 e. The topological polar surface area (TPSA) is 59.1 Å². The zero-order valence-electron chi connectivity index (χ0n) is 14.0. The molecule has 0 N–H and O–H groups in total. The van der Waals surface area contributed by atoms with Crippen molar-refractivity contribution in [1.29, 1.82) is 0 Å². The Kier molecular flexibility index (Phi) is 3.55.